The molecule has 0 radical (unpaired) electrons. The first kappa shape index (κ1) is 20.9. The normalized spacial score (nSPS) is 26.1. The first-order valence-electron chi connectivity index (χ1n) is 9.07. The van der Waals surface area contributed by atoms with Gasteiger partial charge in [0.05, 0.1) is 10.3 Å². The molecule has 1 aromatic rings. The Morgan fingerprint density at radius 3 is 1.93 bits per heavy atom. The van der Waals surface area contributed by atoms with Gasteiger partial charge in [-0.2, -0.15) is 4.31 Å². The van der Waals surface area contributed by atoms with Gasteiger partial charge in [-0.1, -0.05) is 32.9 Å². The Balaban J connectivity index is 1.67. The fourth-order valence-electron chi connectivity index (χ4n) is 3.39. The van der Waals surface area contributed by atoms with Crippen LogP contribution >= 0.6 is 23.2 Å². The Bertz CT molecular complexity index is 839. The molecule has 0 aromatic heterocycles. The summed E-state index contributed by atoms with van der Waals surface area (Å²) in [5.41, 5.74) is 0.285. The van der Waals surface area contributed by atoms with Gasteiger partial charge < -0.3 is 4.90 Å². The first-order valence-corrected chi connectivity index (χ1v) is 11.3. The summed E-state index contributed by atoms with van der Waals surface area (Å²) >= 11 is 12.2. The summed E-state index contributed by atoms with van der Waals surface area (Å²) in [5, 5.41) is 0. The number of benzene rings is 1. The molecule has 1 aliphatic heterocycles. The lowest BCUT2D eigenvalue weighted by Gasteiger charge is -2.35. The van der Waals surface area contributed by atoms with Crippen LogP contribution in [0.2, 0.25) is 0 Å². The molecule has 0 bridgehead atoms. The van der Waals surface area contributed by atoms with Crippen molar-refractivity contribution in [1.29, 1.82) is 0 Å². The maximum atomic E-state index is 12.9. The molecule has 2 fully saturated rings. The number of carbonyl (C=O) groups is 1. The number of hydrogen-bond acceptors (Lipinski definition) is 3. The molecule has 1 saturated heterocycles. The quantitative estimate of drug-likeness (QED) is 0.687. The number of alkyl halides is 2. The van der Waals surface area contributed by atoms with Crippen LogP contribution in [-0.4, -0.2) is 54.0 Å². The number of nitrogens with zero attached hydrogens (tertiary/aromatic N) is 2. The summed E-state index contributed by atoms with van der Waals surface area (Å²) in [6.45, 7) is 9.24. The molecule has 1 heterocycles. The third-order valence-electron chi connectivity index (χ3n) is 5.61. The monoisotopic (exact) mass is 432 g/mol. The van der Waals surface area contributed by atoms with E-state index in [0.717, 1.165) is 5.56 Å². The zero-order valence-electron chi connectivity index (χ0n) is 16.1. The highest BCUT2D eigenvalue weighted by Crippen LogP contribution is 2.64. The standard InChI is InChI=1S/C19H26Cl2N2O3S/c1-17(2,3)14-5-7-15(8-6-14)27(25,26)23-11-9-22(10-12-23)16(24)18(4)13-19(18,20)21/h5-8H,9-13H2,1-4H3. The third kappa shape index (κ3) is 3.74. The van der Waals surface area contributed by atoms with E-state index < -0.39 is 19.8 Å². The highest BCUT2D eigenvalue weighted by molar-refractivity contribution is 7.89. The maximum Gasteiger partial charge on any atom is 0.243 e. The first-order chi connectivity index (χ1) is 12.3. The molecule has 1 unspecified atom stereocenters. The fourth-order valence-corrected chi connectivity index (χ4v) is 5.51. The smallest absolute Gasteiger partial charge is 0.243 e. The van der Waals surface area contributed by atoms with Crippen LogP contribution in [0.1, 0.15) is 39.7 Å². The van der Waals surface area contributed by atoms with E-state index in [9.17, 15) is 13.2 Å². The lowest BCUT2D eigenvalue weighted by atomic mass is 9.87. The minimum Gasteiger partial charge on any atom is -0.339 e. The molecule has 8 heteroatoms. The predicted molar refractivity (Wildman–Crippen MR) is 108 cm³/mol. The molecule has 1 amide bonds. The predicted octanol–water partition coefficient (Wildman–Crippen LogP) is 3.40. The number of sulfonamides is 1. The van der Waals surface area contributed by atoms with E-state index in [-0.39, 0.29) is 29.3 Å². The molecule has 2 aliphatic rings. The van der Waals surface area contributed by atoms with Gasteiger partial charge in [0, 0.05) is 26.2 Å². The van der Waals surface area contributed by atoms with Gasteiger partial charge >= 0.3 is 0 Å². The molecule has 1 saturated carbocycles. The van der Waals surface area contributed by atoms with Crippen LogP contribution in [0.25, 0.3) is 0 Å². The van der Waals surface area contributed by atoms with E-state index in [1.165, 1.54) is 4.31 Å². The van der Waals surface area contributed by atoms with Gasteiger partial charge in [0.15, 0.2) is 0 Å². The molecular weight excluding hydrogens is 407 g/mol. The number of rotatable bonds is 3. The second-order valence-corrected chi connectivity index (χ2v) is 12.1. The van der Waals surface area contributed by atoms with Crippen molar-refractivity contribution >= 4 is 39.1 Å². The van der Waals surface area contributed by atoms with Gasteiger partial charge in [0.25, 0.3) is 0 Å². The van der Waals surface area contributed by atoms with Gasteiger partial charge in [-0.15, -0.1) is 23.2 Å². The van der Waals surface area contributed by atoms with E-state index in [4.69, 9.17) is 23.2 Å². The van der Waals surface area contributed by atoms with Gasteiger partial charge in [-0.05, 0) is 36.5 Å². The molecule has 5 nitrogen and oxygen atoms in total. The van der Waals surface area contributed by atoms with Crippen molar-refractivity contribution in [1.82, 2.24) is 9.21 Å². The van der Waals surface area contributed by atoms with E-state index in [1.807, 2.05) is 12.1 Å². The van der Waals surface area contributed by atoms with Crippen molar-refractivity contribution in [2.45, 2.75) is 48.8 Å². The molecule has 1 aliphatic carbocycles. The summed E-state index contributed by atoms with van der Waals surface area (Å²) in [4.78, 5) is 14.6. The summed E-state index contributed by atoms with van der Waals surface area (Å²) < 4.78 is 26.3. The van der Waals surface area contributed by atoms with Crippen LogP contribution in [0.3, 0.4) is 0 Å². The summed E-state index contributed by atoms with van der Waals surface area (Å²) in [6.07, 6.45) is 0.431. The molecule has 0 N–H and O–H groups in total. The van der Waals surface area contributed by atoms with Crippen molar-refractivity contribution in [3.8, 4) is 0 Å². The van der Waals surface area contributed by atoms with Crippen LogP contribution in [0, 0.1) is 5.41 Å². The number of hydrogen-bond donors (Lipinski definition) is 0. The minimum absolute atomic E-state index is 0.0345. The number of piperazine rings is 1. The average Bonchev–Trinajstić information content (AvgIpc) is 3.13. The zero-order valence-corrected chi connectivity index (χ0v) is 18.5. The van der Waals surface area contributed by atoms with E-state index in [1.54, 1.807) is 24.0 Å². The fraction of sp³-hybridized carbons (Fsp3) is 0.632. The molecule has 3 rings (SSSR count). The van der Waals surface area contributed by atoms with E-state index >= 15 is 0 Å². The Labute approximate surface area is 171 Å². The Hall–Kier alpha value is -0.820. The van der Waals surface area contributed by atoms with Crippen LogP contribution in [0.4, 0.5) is 0 Å². The van der Waals surface area contributed by atoms with Crippen molar-refractivity contribution in [3.05, 3.63) is 29.8 Å². The Kier molecular flexibility index (Phi) is 5.12. The second kappa shape index (κ2) is 6.61. The molecule has 1 atom stereocenters. The largest absolute Gasteiger partial charge is 0.339 e. The molecule has 27 heavy (non-hydrogen) atoms. The Morgan fingerprint density at radius 1 is 1.04 bits per heavy atom. The summed E-state index contributed by atoms with van der Waals surface area (Å²) in [5.74, 6) is -0.0981. The maximum absolute atomic E-state index is 12.9. The lowest BCUT2D eigenvalue weighted by Crippen LogP contribution is -2.52. The average molecular weight is 433 g/mol. The Morgan fingerprint density at radius 2 is 1.52 bits per heavy atom. The van der Waals surface area contributed by atoms with Crippen molar-refractivity contribution < 1.29 is 13.2 Å². The van der Waals surface area contributed by atoms with Crippen LogP contribution in [-0.2, 0) is 20.2 Å². The highest BCUT2D eigenvalue weighted by Gasteiger charge is 2.68. The molecular formula is C19H26Cl2N2O3S. The molecule has 150 valence electrons. The zero-order chi connectivity index (χ0) is 20.3. The van der Waals surface area contributed by atoms with Gasteiger partial charge in [0.1, 0.15) is 4.33 Å². The van der Waals surface area contributed by atoms with Gasteiger partial charge in [-0.25, -0.2) is 8.42 Å². The van der Waals surface area contributed by atoms with E-state index in [0.29, 0.717) is 19.5 Å². The SMILES string of the molecule is CC(C)(C)c1ccc(S(=O)(=O)N2CCN(C(=O)C3(C)CC3(Cl)Cl)CC2)cc1. The van der Waals surface area contributed by atoms with Crippen molar-refractivity contribution in [2.24, 2.45) is 5.41 Å². The van der Waals surface area contributed by atoms with Gasteiger partial charge in [-0.3, -0.25) is 4.79 Å². The topological polar surface area (TPSA) is 57.7 Å². The number of halogens is 2. The molecule has 0 spiro atoms. The third-order valence-corrected chi connectivity index (χ3v) is 8.63. The number of carbonyl (C=O) groups excluding carboxylic acids is 1. The molecule has 1 aromatic carbocycles. The second-order valence-electron chi connectivity index (χ2n) is 8.68. The highest BCUT2D eigenvalue weighted by atomic mass is 35.5. The van der Waals surface area contributed by atoms with Crippen molar-refractivity contribution in [2.75, 3.05) is 26.2 Å². The minimum atomic E-state index is -3.57. The van der Waals surface area contributed by atoms with Gasteiger partial charge in [0.2, 0.25) is 15.9 Å². The van der Waals surface area contributed by atoms with Crippen LogP contribution in [0.15, 0.2) is 29.2 Å². The van der Waals surface area contributed by atoms with E-state index in [2.05, 4.69) is 20.8 Å². The summed E-state index contributed by atoms with van der Waals surface area (Å²) in [6, 6.07) is 7.05. The lowest BCUT2D eigenvalue weighted by molar-refractivity contribution is -0.137. The summed E-state index contributed by atoms with van der Waals surface area (Å²) in [7, 11) is -3.57. The van der Waals surface area contributed by atoms with Crippen LogP contribution in [0.5, 0.6) is 0 Å². The van der Waals surface area contributed by atoms with Crippen LogP contribution < -0.4 is 0 Å². The number of amides is 1. The van der Waals surface area contributed by atoms with Crippen molar-refractivity contribution in [3.63, 3.8) is 0 Å².